The predicted octanol–water partition coefficient (Wildman–Crippen LogP) is 4.48. The predicted molar refractivity (Wildman–Crippen MR) is 82.4 cm³/mol. The number of anilines is 1. The second-order valence-electron chi connectivity index (χ2n) is 5.32. The number of rotatable bonds is 6. The van der Waals surface area contributed by atoms with Gasteiger partial charge in [-0.3, -0.25) is 15.6 Å². The van der Waals surface area contributed by atoms with Gasteiger partial charge in [0, 0.05) is 5.56 Å². The van der Waals surface area contributed by atoms with Crippen LogP contribution in [0.3, 0.4) is 0 Å². The molecule has 0 atom stereocenters. The first-order chi connectivity index (χ1) is 11.9. The van der Waals surface area contributed by atoms with Gasteiger partial charge < -0.3 is 0 Å². The molecular weight excluding hydrogens is 343 g/mol. The van der Waals surface area contributed by atoms with Crippen LogP contribution in [0.2, 0.25) is 0 Å². The number of carbonyl (C=O) groups excluding carboxylic acids is 1. The summed E-state index contributed by atoms with van der Waals surface area (Å²) in [5.74, 6) is -11.4. The van der Waals surface area contributed by atoms with Gasteiger partial charge in [-0.25, -0.2) is 22.0 Å². The lowest BCUT2D eigenvalue weighted by Gasteiger charge is -2.12. The van der Waals surface area contributed by atoms with Crippen LogP contribution in [0.5, 0.6) is 0 Å². The maximum atomic E-state index is 13.5. The first-order valence-corrected chi connectivity index (χ1v) is 7.53. The molecule has 2 aromatic carbocycles. The molecule has 0 aliphatic carbocycles. The average Bonchev–Trinajstić information content (AvgIpc) is 2.63. The number of carbonyl (C=O) groups is 1. The van der Waals surface area contributed by atoms with Gasteiger partial charge in [-0.2, -0.15) is 0 Å². The number of hydrogen-bond donors (Lipinski definition) is 2. The molecule has 134 valence electrons. The highest BCUT2D eigenvalue weighted by Crippen LogP contribution is 2.26. The Morgan fingerprint density at radius 1 is 0.880 bits per heavy atom. The van der Waals surface area contributed by atoms with Crippen molar-refractivity contribution in [3.05, 3.63) is 64.5 Å². The van der Waals surface area contributed by atoms with E-state index in [9.17, 15) is 26.7 Å². The highest BCUT2D eigenvalue weighted by Gasteiger charge is 2.26. The zero-order chi connectivity index (χ0) is 18.6. The van der Waals surface area contributed by atoms with Gasteiger partial charge in [0.1, 0.15) is 5.69 Å². The Balaban J connectivity index is 2.10. The molecule has 3 nitrogen and oxygen atoms in total. The van der Waals surface area contributed by atoms with Crippen molar-refractivity contribution in [1.82, 2.24) is 5.43 Å². The minimum atomic E-state index is -2.27. The molecular formula is C17H15F5N2O. The van der Waals surface area contributed by atoms with E-state index in [1.807, 2.05) is 12.3 Å². The Kier molecular flexibility index (Phi) is 5.95. The van der Waals surface area contributed by atoms with E-state index < -0.39 is 40.7 Å². The number of hydrazine groups is 1. The molecule has 2 rings (SSSR count). The van der Waals surface area contributed by atoms with Gasteiger partial charge >= 0.3 is 0 Å². The van der Waals surface area contributed by atoms with Crippen molar-refractivity contribution in [3.8, 4) is 0 Å². The van der Waals surface area contributed by atoms with Crippen LogP contribution >= 0.6 is 0 Å². The van der Waals surface area contributed by atoms with Crippen LogP contribution in [0.25, 0.3) is 0 Å². The Morgan fingerprint density at radius 3 is 1.92 bits per heavy atom. The molecule has 0 heterocycles. The molecule has 0 radical (unpaired) electrons. The fraction of sp³-hybridized carbons (Fsp3) is 0.235. The molecule has 0 aromatic heterocycles. The number of amides is 1. The van der Waals surface area contributed by atoms with Gasteiger partial charge in [0.2, 0.25) is 5.82 Å². The molecule has 2 N–H and O–H groups in total. The maximum Gasteiger partial charge on any atom is 0.269 e. The SMILES string of the molecule is CCCCc1ccc(C(=O)NNc2c(F)c(F)c(F)c(F)c2F)cc1. The van der Waals surface area contributed by atoms with Crippen molar-refractivity contribution in [2.45, 2.75) is 26.2 Å². The number of hydrogen-bond acceptors (Lipinski definition) is 2. The molecule has 8 heteroatoms. The fourth-order valence-corrected chi connectivity index (χ4v) is 2.11. The molecule has 0 fully saturated rings. The summed E-state index contributed by atoms with van der Waals surface area (Å²) in [5.41, 5.74) is 3.50. The second-order valence-corrected chi connectivity index (χ2v) is 5.32. The summed E-state index contributed by atoms with van der Waals surface area (Å²) in [5, 5.41) is 0. The van der Waals surface area contributed by atoms with E-state index in [0.29, 0.717) is 0 Å². The summed E-state index contributed by atoms with van der Waals surface area (Å²) in [6, 6.07) is 6.45. The Hall–Kier alpha value is -2.64. The van der Waals surface area contributed by atoms with E-state index in [1.165, 1.54) is 12.1 Å². The van der Waals surface area contributed by atoms with Crippen molar-refractivity contribution in [3.63, 3.8) is 0 Å². The molecule has 0 bridgehead atoms. The van der Waals surface area contributed by atoms with E-state index in [-0.39, 0.29) is 5.56 Å². The normalized spacial score (nSPS) is 10.6. The zero-order valence-electron chi connectivity index (χ0n) is 13.2. The smallest absolute Gasteiger partial charge is 0.269 e. The third-order valence-corrected chi connectivity index (χ3v) is 3.55. The molecule has 0 unspecified atom stereocenters. The summed E-state index contributed by atoms with van der Waals surface area (Å²) >= 11 is 0. The number of halogens is 5. The van der Waals surface area contributed by atoms with Gasteiger partial charge in [-0.05, 0) is 30.5 Å². The van der Waals surface area contributed by atoms with Crippen LogP contribution in [0.1, 0.15) is 35.7 Å². The molecule has 0 aliphatic heterocycles. The molecule has 0 spiro atoms. The first-order valence-electron chi connectivity index (χ1n) is 7.53. The fourth-order valence-electron chi connectivity index (χ4n) is 2.11. The van der Waals surface area contributed by atoms with E-state index in [2.05, 4.69) is 0 Å². The van der Waals surface area contributed by atoms with Gasteiger partial charge in [-0.15, -0.1) is 0 Å². The largest absolute Gasteiger partial charge is 0.293 e. The van der Waals surface area contributed by atoms with Crippen LogP contribution < -0.4 is 10.9 Å². The highest BCUT2D eigenvalue weighted by atomic mass is 19.2. The molecule has 0 saturated carbocycles. The third-order valence-electron chi connectivity index (χ3n) is 3.55. The summed E-state index contributed by atoms with van der Waals surface area (Å²) < 4.78 is 66.1. The summed E-state index contributed by atoms with van der Waals surface area (Å²) in [6.45, 7) is 2.05. The standard InChI is InChI=1S/C17H15F5N2O/c1-2-3-4-9-5-7-10(8-6-9)17(25)24-23-16-14(21)12(19)11(18)13(20)15(16)22/h5-8,23H,2-4H2,1H3,(H,24,25). The first kappa shape index (κ1) is 18.7. The van der Waals surface area contributed by atoms with Crippen LogP contribution in [-0.2, 0) is 6.42 Å². The quantitative estimate of drug-likeness (QED) is 0.346. The van der Waals surface area contributed by atoms with Gasteiger partial charge in [0.05, 0.1) is 0 Å². The monoisotopic (exact) mass is 358 g/mol. The van der Waals surface area contributed by atoms with Crippen LogP contribution in [0.15, 0.2) is 24.3 Å². The average molecular weight is 358 g/mol. The molecule has 2 aromatic rings. The van der Waals surface area contributed by atoms with Crippen molar-refractivity contribution >= 4 is 11.6 Å². The third kappa shape index (κ3) is 4.07. The van der Waals surface area contributed by atoms with Gasteiger partial charge in [-0.1, -0.05) is 25.5 Å². The molecule has 0 aliphatic rings. The number of unbranched alkanes of at least 4 members (excludes halogenated alkanes) is 1. The number of nitrogens with one attached hydrogen (secondary N) is 2. The minimum Gasteiger partial charge on any atom is -0.293 e. The number of aryl methyl sites for hydroxylation is 1. The lowest BCUT2D eigenvalue weighted by molar-refractivity contribution is 0.0962. The number of benzene rings is 2. The lowest BCUT2D eigenvalue weighted by atomic mass is 10.1. The minimum absolute atomic E-state index is 0.164. The van der Waals surface area contributed by atoms with Crippen LogP contribution in [0, 0.1) is 29.1 Å². The lowest BCUT2D eigenvalue weighted by Crippen LogP contribution is -2.31. The zero-order valence-corrected chi connectivity index (χ0v) is 13.2. The second kappa shape index (κ2) is 7.96. The summed E-state index contributed by atoms with van der Waals surface area (Å²) in [4.78, 5) is 11.9. The molecule has 1 amide bonds. The van der Waals surface area contributed by atoms with E-state index in [4.69, 9.17) is 0 Å². The van der Waals surface area contributed by atoms with Crippen LogP contribution in [0.4, 0.5) is 27.6 Å². The van der Waals surface area contributed by atoms with E-state index >= 15 is 0 Å². The Morgan fingerprint density at radius 2 is 1.40 bits per heavy atom. The Bertz CT molecular complexity index is 749. The van der Waals surface area contributed by atoms with E-state index in [1.54, 1.807) is 17.6 Å². The molecule has 0 saturated heterocycles. The van der Waals surface area contributed by atoms with E-state index in [0.717, 1.165) is 24.8 Å². The Labute approximate surface area is 140 Å². The highest BCUT2D eigenvalue weighted by molar-refractivity contribution is 5.94. The molecule has 25 heavy (non-hydrogen) atoms. The maximum absolute atomic E-state index is 13.5. The summed E-state index contributed by atoms with van der Waals surface area (Å²) in [6.07, 6.45) is 2.86. The van der Waals surface area contributed by atoms with Crippen molar-refractivity contribution in [2.75, 3.05) is 5.43 Å². The summed E-state index contributed by atoms with van der Waals surface area (Å²) in [7, 11) is 0. The van der Waals surface area contributed by atoms with Gasteiger partial charge in [0.25, 0.3) is 5.91 Å². The van der Waals surface area contributed by atoms with Gasteiger partial charge in [0.15, 0.2) is 23.3 Å². The van der Waals surface area contributed by atoms with Crippen LogP contribution in [-0.4, -0.2) is 5.91 Å². The van der Waals surface area contributed by atoms with Crippen molar-refractivity contribution in [1.29, 1.82) is 0 Å². The van der Waals surface area contributed by atoms with Crippen molar-refractivity contribution < 1.29 is 26.7 Å². The van der Waals surface area contributed by atoms with Crippen molar-refractivity contribution in [2.24, 2.45) is 0 Å². The topological polar surface area (TPSA) is 41.1 Å².